The SMILES string of the molecule is COCCN(CC(C)C)c1ccc(C(N)=S)c(Br)c1. The van der Waals surface area contributed by atoms with Gasteiger partial charge in [-0.3, -0.25) is 0 Å². The summed E-state index contributed by atoms with van der Waals surface area (Å²) in [7, 11) is 1.72. The van der Waals surface area contributed by atoms with Gasteiger partial charge in [-0.05, 0) is 40.0 Å². The molecule has 2 N–H and O–H groups in total. The Hall–Kier alpha value is -0.650. The largest absolute Gasteiger partial charge is 0.389 e. The number of methoxy groups -OCH3 is 1. The number of ether oxygens (including phenoxy) is 1. The normalized spacial score (nSPS) is 10.8. The molecule has 3 nitrogen and oxygen atoms in total. The summed E-state index contributed by atoms with van der Waals surface area (Å²) in [5.41, 5.74) is 7.69. The second kappa shape index (κ2) is 7.82. The van der Waals surface area contributed by atoms with Gasteiger partial charge in [-0.15, -0.1) is 0 Å². The highest BCUT2D eigenvalue weighted by atomic mass is 79.9. The fourth-order valence-electron chi connectivity index (χ4n) is 1.87. The minimum atomic E-state index is 0.408. The molecule has 0 fully saturated rings. The Labute approximate surface area is 129 Å². The summed E-state index contributed by atoms with van der Waals surface area (Å²) >= 11 is 8.54. The first-order valence-corrected chi connectivity index (χ1v) is 7.49. The van der Waals surface area contributed by atoms with Crippen LogP contribution in [-0.2, 0) is 4.74 Å². The highest BCUT2D eigenvalue weighted by Gasteiger charge is 2.11. The van der Waals surface area contributed by atoms with Gasteiger partial charge in [-0.1, -0.05) is 26.1 Å². The molecular weight excluding hydrogens is 324 g/mol. The van der Waals surface area contributed by atoms with Gasteiger partial charge in [0, 0.05) is 35.9 Å². The van der Waals surface area contributed by atoms with Gasteiger partial charge >= 0.3 is 0 Å². The molecule has 0 spiro atoms. The Kier molecular flexibility index (Phi) is 6.75. The molecule has 1 aromatic carbocycles. The number of hydrogen-bond acceptors (Lipinski definition) is 3. The second-order valence-electron chi connectivity index (χ2n) is 4.86. The van der Waals surface area contributed by atoms with Crippen molar-refractivity contribution in [3.8, 4) is 0 Å². The second-order valence-corrected chi connectivity index (χ2v) is 6.16. The topological polar surface area (TPSA) is 38.5 Å². The zero-order chi connectivity index (χ0) is 14.4. The van der Waals surface area contributed by atoms with Gasteiger partial charge in [-0.2, -0.15) is 0 Å². The standard InChI is InChI=1S/C14H21BrN2OS/c1-10(2)9-17(6-7-18-3)11-4-5-12(14(16)19)13(15)8-11/h4-5,8,10H,6-7,9H2,1-3H3,(H2,16,19). The number of halogens is 1. The van der Waals surface area contributed by atoms with Crippen molar-refractivity contribution in [1.82, 2.24) is 0 Å². The van der Waals surface area contributed by atoms with Crippen molar-refractivity contribution in [2.75, 3.05) is 31.7 Å². The Morgan fingerprint density at radius 2 is 2.16 bits per heavy atom. The van der Waals surface area contributed by atoms with Crippen LogP contribution in [0.15, 0.2) is 22.7 Å². The smallest absolute Gasteiger partial charge is 0.105 e. The predicted molar refractivity (Wildman–Crippen MR) is 89.0 cm³/mol. The third-order valence-electron chi connectivity index (χ3n) is 2.73. The van der Waals surface area contributed by atoms with Crippen LogP contribution in [0.2, 0.25) is 0 Å². The summed E-state index contributed by atoms with van der Waals surface area (Å²) in [6, 6.07) is 6.08. The molecule has 0 unspecified atom stereocenters. The van der Waals surface area contributed by atoms with Crippen molar-refractivity contribution >= 4 is 38.8 Å². The van der Waals surface area contributed by atoms with E-state index in [2.05, 4.69) is 46.8 Å². The predicted octanol–water partition coefficient (Wildman–Crippen LogP) is 3.19. The van der Waals surface area contributed by atoms with Crippen molar-refractivity contribution in [3.63, 3.8) is 0 Å². The lowest BCUT2D eigenvalue weighted by Gasteiger charge is -2.27. The molecule has 0 aliphatic carbocycles. The Morgan fingerprint density at radius 1 is 1.47 bits per heavy atom. The summed E-state index contributed by atoms with van der Waals surface area (Å²) < 4.78 is 6.11. The molecule has 0 amide bonds. The molecule has 0 aromatic heterocycles. The van der Waals surface area contributed by atoms with Gasteiger partial charge < -0.3 is 15.4 Å². The van der Waals surface area contributed by atoms with Crippen molar-refractivity contribution in [1.29, 1.82) is 0 Å². The van der Waals surface area contributed by atoms with E-state index in [4.69, 9.17) is 22.7 Å². The Bertz CT molecular complexity index is 437. The summed E-state index contributed by atoms with van der Waals surface area (Å²) in [6.07, 6.45) is 0. The summed E-state index contributed by atoms with van der Waals surface area (Å²) in [5.74, 6) is 0.589. The number of benzene rings is 1. The minimum absolute atomic E-state index is 0.408. The third-order valence-corrected chi connectivity index (χ3v) is 3.61. The highest BCUT2D eigenvalue weighted by molar-refractivity contribution is 9.10. The molecule has 0 radical (unpaired) electrons. The zero-order valence-electron chi connectivity index (χ0n) is 11.6. The molecule has 0 aliphatic heterocycles. The van der Waals surface area contributed by atoms with E-state index in [9.17, 15) is 0 Å². The van der Waals surface area contributed by atoms with E-state index >= 15 is 0 Å². The molecule has 1 aromatic rings. The molecule has 0 heterocycles. The number of nitrogens with two attached hydrogens (primary N) is 1. The van der Waals surface area contributed by atoms with Crippen LogP contribution in [0.1, 0.15) is 19.4 Å². The zero-order valence-corrected chi connectivity index (χ0v) is 14.1. The van der Waals surface area contributed by atoms with Crippen LogP contribution in [0.4, 0.5) is 5.69 Å². The molecule has 0 atom stereocenters. The van der Waals surface area contributed by atoms with E-state index in [1.807, 2.05) is 6.07 Å². The Morgan fingerprint density at radius 3 is 2.63 bits per heavy atom. The Balaban J connectivity index is 2.95. The lowest BCUT2D eigenvalue weighted by Crippen LogP contribution is -2.31. The molecule has 19 heavy (non-hydrogen) atoms. The monoisotopic (exact) mass is 344 g/mol. The average Bonchev–Trinajstić information content (AvgIpc) is 2.33. The van der Waals surface area contributed by atoms with Gasteiger partial charge in [0.2, 0.25) is 0 Å². The maximum Gasteiger partial charge on any atom is 0.105 e. The van der Waals surface area contributed by atoms with E-state index in [-0.39, 0.29) is 0 Å². The molecule has 0 aliphatic rings. The molecule has 0 saturated carbocycles. The van der Waals surface area contributed by atoms with E-state index < -0.39 is 0 Å². The van der Waals surface area contributed by atoms with Crippen molar-refractivity contribution in [2.24, 2.45) is 11.7 Å². The lowest BCUT2D eigenvalue weighted by molar-refractivity contribution is 0.204. The summed E-state index contributed by atoms with van der Waals surface area (Å²) in [5, 5.41) is 0. The van der Waals surface area contributed by atoms with E-state index in [0.717, 1.165) is 28.8 Å². The van der Waals surface area contributed by atoms with E-state index in [0.29, 0.717) is 17.5 Å². The molecule has 0 bridgehead atoms. The minimum Gasteiger partial charge on any atom is -0.389 e. The molecule has 1 rings (SSSR count). The van der Waals surface area contributed by atoms with Crippen LogP contribution in [0.3, 0.4) is 0 Å². The van der Waals surface area contributed by atoms with E-state index in [1.54, 1.807) is 7.11 Å². The van der Waals surface area contributed by atoms with Crippen LogP contribution in [0.25, 0.3) is 0 Å². The third kappa shape index (κ3) is 5.09. The highest BCUT2D eigenvalue weighted by Crippen LogP contribution is 2.24. The quantitative estimate of drug-likeness (QED) is 0.771. The van der Waals surface area contributed by atoms with Crippen LogP contribution >= 0.6 is 28.1 Å². The summed E-state index contributed by atoms with van der Waals surface area (Å²) in [4.78, 5) is 2.72. The fraction of sp³-hybridized carbons (Fsp3) is 0.500. The van der Waals surface area contributed by atoms with E-state index in [1.165, 1.54) is 0 Å². The molecule has 0 saturated heterocycles. The fourth-order valence-corrected chi connectivity index (χ4v) is 2.76. The van der Waals surface area contributed by atoms with Crippen LogP contribution < -0.4 is 10.6 Å². The maximum absolute atomic E-state index is 5.67. The van der Waals surface area contributed by atoms with Gasteiger partial charge in [0.25, 0.3) is 0 Å². The maximum atomic E-state index is 5.67. The van der Waals surface area contributed by atoms with Crippen LogP contribution in [-0.4, -0.2) is 31.8 Å². The van der Waals surface area contributed by atoms with Crippen LogP contribution in [0.5, 0.6) is 0 Å². The van der Waals surface area contributed by atoms with Gasteiger partial charge in [-0.25, -0.2) is 0 Å². The van der Waals surface area contributed by atoms with Crippen molar-refractivity contribution < 1.29 is 4.74 Å². The van der Waals surface area contributed by atoms with Gasteiger partial charge in [0.15, 0.2) is 0 Å². The summed E-state index contributed by atoms with van der Waals surface area (Å²) in [6.45, 7) is 6.98. The first kappa shape index (κ1) is 16.4. The first-order valence-electron chi connectivity index (χ1n) is 6.29. The number of anilines is 1. The number of nitrogens with zero attached hydrogens (tertiary/aromatic N) is 1. The molecule has 5 heteroatoms. The molecular formula is C14H21BrN2OS. The number of thiocarbonyl (C=S) groups is 1. The molecule has 106 valence electrons. The van der Waals surface area contributed by atoms with Crippen molar-refractivity contribution in [3.05, 3.63) is 28.2 Å². The van der Waals surface area contributed by atoms with Crippen LogP contribution in [0, 0.1) is 5.92 Å². The van der Waals surface area contributed by atoms with Gasteiger partial charge in [0.05, 0.1) is 6.61 Å². The van der Waals surface area contributed by atoms with Crippen molar-refractivity contribution in [2.45, 2.75) is 13.8 Å². The number of rotatable bonds is 7. The average molecular weight is 345 g/mol. The van der Waals surface area contributed by atoms with Gasteiger partial charge in [0.1, 0.15) is 4.99 Å². The lowest BCUT2D eigenvalue weighted by atomic mass is 10.1. The first-order chi connectivity index (χ1) is 8.95. The number of hydrogen-bond donors (Lipinski definition) is 1.